The molecule has 0 aliphatic carbocycles. The molecule has 2 saturated heterocycles. The van der Waals surface area contributed by atoms with E-state index in [2.05, 4.69) is 0 Å². The minimum atomic E-state index is -0.651. The van der Waals surface area contributed by atoms with Crippen LogP contribution >= 0.6 is 0 Å². The number of hydrogen-bond acceptors (Lipinski definition) is 4. The molecule has 4 rings (SSSR count). The highest BCUT2D eigenvalue weighted by molar-refractivity contribution is 5.96. The monoisotopic (exact) mass is 331 g/mol. The fraction of sp³-hybridized carbons (Fsp3) is 0.632. The Balaban J connectivity index is 1.47. The van der Waals surface area contributed by atoms with Gasteiger partial charge in [-0.2, -0.15) is 0 Å². The molecule has 1 amide bonds. The summed E-state index contributed by atoms with van der Waals surface area (Å²) in [7, 11) is 0. The number of rotatable bonds is 1. The van der Waals surface area contributed by atoms with Crippen molar-refractivity contribution < 1.29 is 19.4 Å². The molecule has 5 heteroatoms. The van der Waals surface area contributed by atoms with Crippen molar-refractivity contribution in [2.45, 2.75) is 57.0 Å². The van der Waals surface area contributed by atoms with Crippen LogP contribution in [0.15, 0.2) is 18.2 Å². The second-order valence-electron chi connectivity index (χ2n) is 7.68. The van der Waals surface area contributed by atoms with Crippen LogP contribution in [0.3, 0.4) is 0 Å². The highest BCUT2D eigenvalue weighted by atomic mass is 16.5. The van der Waals surface area contributed by atoms with Crippen LogP contribution in [0.4, 0.5) is 0 Å². The molecule has 1 aromatic carbocycles. The third-order valence-electron chi connectivity index (χ3n) is 5.72. The van der Waals surface area contributed by atoms with Crippen LogP contribution in [-0.4, -0.2) is 46.8 Å². The van der Waals surface area contributed by atoms with Crippen molar-refractivity contribution in [2.24, 2.45) is 0 Å². The molecule has 1 aromatic rings. The van der Waals surface area contributed by atoms with Crippen LogP contribution in [0.25, 0.3) is 0 Å². The zero-order valence-corrected chi connectivity index (χ0v) is 14.2. The van der Waals surface area contributed by atoms with E-state index in [1.54, 1.807) is 0 Å². The van der Waals surface area contributed by atoms with E-state index in [9.17, 15) is 9.90 Å². The highest BCUT2D eigenvalue weighted by Gasteiger charge is 2.45. The van der Waals surface area contributed by atoms with Crippen molar-refractivity contribution in [3.63, 3.8) is 0 Å². The van der Waals surface area contributed by atoms with E-state index in [1.165, 1.54) is 0 Å². The first-order valence-electron chi connectivity index (χ1n) is 8.82. The SMILES string of the molecule is CC1(O)CCOC2(CCN(C(=O)c3cccc4c3COC4)CC2)C1. The van der Waals surface area contributed by atoms with Gasteiger partial charge in [0.25, 0.3) is 5.91 Å². The van der Waals surface area contributed by atoms with Gasteiger partial charge < -0.3 is 19.5 Å². The van der Waals surface area contributed by atoms with Gasteiger partial charge >= 0.3 is 0 Å². The van der Waals surface area contributed by atoms with Crippen LogP contribution in [0.2, 0.25) is 0 Å². The molecule has 3 aliphatic rings. The van der Waals surface area contributed by atoms with E-state index in [0.717, 1.165) is 29.5 Å². The second-order valence-corrected chi connectivity index (χ2v) is 7.68. The predicted octanol–water partition coefficient (Wildman–Crippen LogP) is 2.25. The van der Waals surface area contributed by atoms with Gasteiger partial charge in [0.15, 0.2) is 0 Å². The van der Waals surface area contributed by atoms with Gasteiger partial charge in [-0.3, -0.25) is 4.79 Å². The Morgan fingerprint density at radius 2 is 2.00 bits per heavy atom. The average molecular weight is 331 g/mol. The summed E-state index contributed by atoms with van der Waals surface area (Å²) in [5, 5.41) is 10.4. The summed E-state index contributed by atoms with van der Waals surface area (Å²) < 4.78 is 11.5. The molecule has 0 radical (unpaired) electrons. The fourth-order valence-electron chi connectivity index (χ4n) is 4.33. The first-order chi connectivity index (χ1) is 11.5. The first-order valence-corrected chi connectivity index (χ1v) is 8.82. The van der Waals surface area contributed by atoms with Crippen molar-refractivity contribution in [3.8, 4) is 0 Å². The summed E-state index contributed by atoms with van der Waals surface area (Å²) >= 11 is 0. The van der Waals surface area contributed by atoms with Crippen LogP contribution in [0.1, 0.15) is 54.1 Å². The quantitative estimate of drug-likeness (QED) is 0.857. The summed E-state index contributed by atoms with van der Waals surface area (Å²) in [6, 6.07) is 5.87. The number of piperidine rings is 1. The number of benzene rings is 1. The minimum absolute atomic E-state index is 0.0924. The summed E-state index contributed by atoms with van der Waals surface area (Å²) in [4.78, 5) is 14.9. The number of hydrogen-bond donors (Lipinski definition) is 1. The maximum atomic E-state index is 12.9. The van der Waals surface area contributed by atoms with Crippen molar-refractivity contribution in [3.05, 3.63) is 34.9 Å². The number of carbonyl (C=O) groups excluding carboxylic acids is 1. The van der Waals surface area contributed by atoms with Gasteiger partial charge in [-0.1, -0.05) is 12.1 Å². The van der Waals surface area contributed by atoms with Gasteiger partial charge in [0, 0.05) is 25.1 Å². The molecule has 2 fully saturated rings. The van der Waals surface area contributed by atoms with Gasteiger partial charge in [-0.05, 0) is 43.4 Å². The van der Waals surface area contributed by atoms with Gasteiger partial charge in [-0.25, -0.2) is 0 Å². The lowest BCUT2D eigenvalue weighted by Crippen LogP contribution is -2.54. The molecule has 0 saturated carbocycles. The van der Waals surface area contributed by atoms with Crippen molar-refractivity contribution in [1.82, 2.24) is 4.90 Å². The van der Waals surface area contributed by atoms with Crippen molar-refractivity contribution in [2.75, 3.05) is 19.7 Å². The standard InChI is InChI=1S/C19H25NO4/c1-18(22)7-10-24-19(13-18)5-8-20(9-6-19)17(21)15-4-2-3-14-11-23-12-16(14)15/h2-4,22H,5-13H2,1H3. The zero-order valence-electron chi connectivity index (χ0n) is 14.2. The molecule has 3 aliphatic heterocycles. The summed E-state index contributed by atoms with van der Waals surface area (Å²) in [5.74, 6) is 0.0924. The maximum Gasteiger partial charge on any atom is 0.254 e. The van der Waals surface area contributed by atoms with Crippen LogP contribution in [-0.2, 0) is 22.7 Å². The van der Waals surface area contributed by atoms with Crippen molar-refractivity contribution >= 4 is 5.91 Å². The summed E-state index contributed by atoms with van der Waals surface area (Å²) in [6.45, 7) is 4.98. The molecule has 1 N–H and O–H groups in total. The third kappa shape index (κ3) is 2.85. The zero-order chi connectivity index (χ0) is 16.8. The number of amides is 1. The van der Waals surface area contributed by atoms with E-state index in [1.807, 2.05) is 30.0 Å². The fourth-order valence-corrected chi connectivity index (χ4v) is 4.33. The van der Waals surface area contributed by atoms with Gasteiger partial charge in [0.2, 0.25) is 0 Å². The molecular formula is C19H25NO4. The Bertz CT molecular complexity index is 647. The topological polar surface area (TPSA) is 59.0 Å². The molecule has 1 spiro atoms. The number of aliphatic hydroxyl groups is 1. The number of likely N-dealkylation sites (tertiary alicyclic amines) is 1. The summed E-state index contributed by atoms with van der Waals surface area (Å²) in [6.07, 6.45) is 2.94. The Morgan fingerprint density at radius 1 is 1.21 bits per heavy atom. The van der Waals surface area contributed by atoms with E-state index < -0.39 is 5.60 Å². The van der Waals surface area contributed by atoms with Crippen LogP contribution < -0.4 is 0 Å². The lowest BCUT2D eigenvalue weighted by atomic mass is 9.78. The van der Waals surface area contributed by atoms with Gasteiger partial charge in [0.05, 0.1) is 31.0 Å². The molecule has 0 aromatic heterocycles. The van der Waals surface area contributed by atoms with E-state index >= 15 is 0 Å². The number of nitrogens with zero attached hydrogens (tertiary/aromatic N) is 1. The number of carbonyl (C=O) groups is 1. The van der Waals surface area contributed by atoms with Crippen LogP contribution in [0, 0.1) is 0 Å². The van der Waals surface area contributed by atoms with Gasteiger partial charge in [0.1, 0.15) is 0 Å². The molecule has 1 atom stereocenters. The normalized spacial score (nSPS) is 28.8. The third-order valence-corrected chi connectivity index (χ3v) is 5.72. The highest BCUT2D eigenvalue weighted by Crippen LogP contribution is 2.39. The molecule has 130 valence electrons. The first kappa shape index (κ1) is 16.1. The molecule has 0 bridgehead atoms. The average Bonchev–Trinajstić information content (AvgIpc) is 3.02. The predicted molar refractivity (Wildman–Crippen MR) is 88.6 cm³/mol. The Labute approximate surface area is 142 Å². The Hall–Kier alpha value is -1.43. The molecule has 24 heavy (non-hydrogen) atoms. The second kappa shape index (κ2) is 5.83. The lowest BCUT2D eigenvalue weighted by Gasteiger charge is -2.48. The summed E-state index contributed by atoms with van der Waals surface area (Å²) in [5.41, 5.74) is 2.03. The molecule has 3 heterocycles. The largest absolute Gasteiger partial charge is 0.390 e. The van der Waals surface area contributed by atoms with Crippen LogP contribution in [0.5, 0.6) is 0 Å². The van der Waals surface area contributed by atoms with Gasteiger partial charge in [-0.15, -0.1) is 0 Å². The molecule has 1 unspecified atom stereocenters. The van der Waals surface area contributed by atoms with E-state index in [0.29, 0.717) is 45.8 Å². The molecule has 5 nitrogen and oxygen atoms in total. The number of fused-ring (bicyclic) bond motifs is 1. The van der Waals surface area contributed by atoms with Crippen molar-refractivity contribution in [1.29, 1.82) is 0 Å². The van der Waals surface area contributed by atoms with E-state index in [-0.39, 0.29) is 11.5 Å². The smallest absolute Gasteiger partial charge is 0.254 e. The Kier molecular flexibility index (Phi) is 3.90. The van der Waals surface area contributed by atoms with E-state index in [4.69, 9.17) is 9.47 Å². The molecular weight excluding hydrogens is 306 g/mol. The minimum Gasteiger partial charge on any atom is -0.390 e. The maximum absolute atomic E-state index is 12.9. The number of ether oxygens (including phenoxy) is 2. The lowest BCUT2D eigenvalue weighted by molar-refractivity contribution is -0.170. The Morgan fingerprint density at radius 3 is 2.75 bits per heavy atom.